The molecule has 0 heterocycles. The van der Waals surface area contributed by atoms with Gasteiger partial charge >= 0.3 is 0 Å². The number of carbonyl (C=O) groups is 1. The summed E-state index contributed by atoms with van der Waals surface area (Å²) in [5.74, 6) is -2.22. The number of halogens is 2. The first-order valence-electron chi connectivity index (χ1n) is 8.29. The zero-order valence-electron chi connectivity index (χ0n) is 15.6. The Morgan fingerprint density at radius 2 is 1.67 bits per heavy atom. The summed E-state index contributed by atoms with van der Waals surface area (Å²) in [6.07, 6.45) is 0.721. The van der Waals surface area contributed by atoms with E-state index in [9.17, 15) is 22.0 Å². The van der Waals surface area contributed by atoms with E-state index >= 15 is 0 Å². The monoisotopic (exact) mass is 396 g/mol. The summed E-state index contributed by atoms with van der Waals surface area (Å²) in [5, 5.41) is 2.77. The van der Waals surface area contributed by atoms with Crippen molar-refractivity contribution >= 4 is 27.3 Å². The highest BCUT2D eigenvalue weighted by Gasteiger charge is 2.22. The lowest BCUT2D eigenvalue weighted by Crippen LogP contribution is -2.33. The van der Waals surface area contributed by atoms with Crippen molar-refractivity contribution < 1.29 is 22.0 Å². The molecule has 2 aromatic rings. The van der Waals surface area contributed by atoms with E-state index in [-0.39, 0.29) is 18.7 Å². The Hall–Kier alpha value is -2.48. The zero-order valence-corrected chi connectivity index (χ0v) is 16.5. The van der Waals surface area contributed by atoms with E-state index in [1.165, 1.54) is 0 Å². The molecule has 0 atom stereocenters. The molecular weight excluding hydrogens is 374 g/mol. The van der Waals surface area contributed by atoms with Crippen molar-refractivity contribution in [1.82, 2.24) is 0 Å². The molecule has 0 aromatic heterocycles. The van der Waals surface area contributed by atoms with Crippen LogP contribution in [-0.4, -0.2) is 27.1 Å². The molecule has 0 aliphatic heterocycles. The predicted molar refractivity (Wildman–Crippen MR) is 102 cm³/mol. The minimum absolute atomic E-state index is 0.184. The number of nitrogens with one attached hydrogen (secondary N) is 1. The van der Waals surface area contributed by atoms with Gasteiger partial charge in [-0.05, 0) is 44.0 Å². The number of hydrogen-bond donors (Lipinski definition) is 1. The molecule has 2 aromatic carbocycles. The minimum atomic E-state index is -3.85. The third-order valence-corrected chi connectivity index (χ3v) is 5.24. The molecule has 0 saturated heterocycles. The number of hydrogen-bond acceptors (Lipinski definition) is 3. The van der Waals surface area contributed by atoms with Gasteiger partial charge in [0, 0.05) is 24.7 Å². The van der Waals surface area contributed by atoms with Crippen LogP contribution in [0, 0.1) is 32.4 Å². The Bertz CT molecular complexity index is 952. The van der Waals surface area contributed by atoms with Crippen LogP contribution in [0.25, 0.3) is 0 Å². The number of anilines is 2. The quantitative estimate of drug-likeness (QED) is 0.810. The van der Waals surface area contributed by atoms with E-state index in [0.717, 1.165) is 39.4 Å². The molecule has 0 aliphatic carbocycles. The minimum Gasteiger partial charge on any atom is -0.326 e. The van der Waals surface area contributed by atoms with Gasteiger partial charge in [-0.2, -0.15) is 0 Å². The summed E-state index contributed by atoms with van der Waals surface area (Å²) in [7, 11) is -3.85. The Morgan fingerprint density at radius 1 is 1.07 bits per heavy atom. The fourth-order valence-electron chi connectivity index (χ4n) is 2.93. The first-order chi connectivity index (χ1) is 12.5. The third kappa shape index (κ3) is 5.26. The van der Waals surface area contributed by atoms with Crippen molar-refractivity contribution in [3.63, 3.8) is 0 Å². The second-order valence-electron chi connectivity index (χ2n) is 6.50. The molecular formula is C19H22F2N2O3S. The topological polar surface area (TPSA) is 66.5 Å². The van der Waals surface area contributed by atoms with Crippen LogP contribution < -0.4 is 9.62 Å². The summed E-state index contributed by atoms with van der Waals surface area (Å²) in [4.78, 5) is 12.3. The van der Waals surface area contributed by atoms with Crippen molar-refractivity contribution in [3.8, 4) is 0 Å². The average Bonchev–Trinajstić information content (AvgIpc) is 2.51. The molecule has 8 heteroatoms. The third-order valence-electron chi connectivity index (χ3n) is 4.06. The predicted octanol–water partition coefficient (Wildman–Crippen LogP) is 3.68. The van der Waals surface area contributed by atoms with E-state index in [2.05, 4.69) is 5.32 Å². The first-order valence-corrected chi connectivity index (χ1v) is 10.1. The van der Waals surface area contributed by atoms with Crippen LogP contribution in [-0.2, 0) is 14.8 Å². The van der Waals surface area contributed by atoms with Gasteiger partial charge in [0.25, 0.3) is 0 Å². The number of aryl methyl sites for hydroxylation is 3. The van der Waals surface area contributed by atoms with Gasteiger partial charge in [0.05, 0.1) is 11.9 Å². The fourth-order valence-corrected chi connectivity index (χ4v) is 3.86. The van der Waals surface area contributed by atoms with E-state index < -0.39 is 27.6 Å². The standard InChI is InChI=1S/C19H22F2N2O3S/c1-12-9-13(2)19(14(3)10-12)22-18(24)7-8-23(27(4,25)26)17-6-5-15(20)11-16(17)21/h5-6,9-11H,7-8H2,1-4H3,(H,22,24). The molecule has 146 valence electrons. The second-order valence-corrected chi connectivity index (χ2v) is 8.41. The lowest BCUT2D eigenvalue weighted by Gasteiger charge is -2.23. The normalized spacial score (nSPS) is 11.3. The van der Waals surface area contributed by atoms with Crippen molar-refractivity contribution in [2.75, 3.05) is 22.4 Å². The maximum atomic E-state index is 14.0. The van der Waals surface area contributed by atoms with Crippen molar-refractivity contribution in [3.05, 3.63) is 58.7 Å². The van der Waals surface area contributed by atoms with Crippen LogP contribution in [0.1, 0.15) is 23.1 Å². The highest BCUT2D eigenvalue weighted by molar-refractivity contribution is 7.92. The van der Waals surface area contributed by atoms with Crippen LogP contribution in [0.3, 0.4) is 0 Å². The van der Waals surface area contributed by atoms with Crippen LogP contribution in [0.4, 0.5) is 20.2 Å². The summed E-state index contributed by atoms with van der Waals surface area (Å²) >= 11 is 0. The molecule has 0 fully saturated rings. The molecule has 0 spiro atoms. The lowest BCUT2D eigenvalue weighted by atomic mass is 10.1. The second kappa shape index (κ2) is 8.04. The molecule has 0 aliphatic rings. The molecule has 2 rings (SSSR count). The number of amides is 1. The van der Waals surface area contributed by atoms with Gasteiger partial charge in [0.15, 0.2) is 0 Å². The highest BCUT2D eigenvalue weighted by Crippen LogP contribution is 2.24. The van der Waals surface area contributed by atoms with Crippen molar-refractivity contribution in [2.24, 2.45) is 0 Å². The fraction of sp³-hybridized carbons (Fsp3) is 0.316. The van der Waals surface area contributed by atoms with Gasteiger partial charge in [-0.1, -0.05) is 17.7 Å². The Kier molecular flexibility index (Phi) is 6.20. The summed E-state index contributed by atoms with van der Waals surface area (Å²) in [6.45, 7) is 5.42. The Balaban J connectivity index is 2.17. The molecule has 27 heavy (non-hydrogen) atoms. The summed E-state index contributed by atoms with van der Waals surface area (Å²) < 4.78 is 51.9. The van der Waals surface area contributed by atoms with Gasteiger partial charge in [0.1, 0.15) is 11.6 Å². The largest absolute Gasteiger partial charge is 0.326 e. The van der Waals surface area contributed by atoms with E-state index in [1.807, 2.05) is 32.9 Å². The van der Waals surface area contributed by atoms with Gasteiger partial charge in [-0.3, -0.25) is 9.10 Å². The van der Waals surface area contributed by atoms with Crippen molar-refractivity contribution in [2.45, 2.75) is 27.2 Å². The van der Waals surface area contributed by atoms with Crippen LogP contribution in [0.5, 0.6) is 0 Å². The van der Waals surface area contributed by atoms with Crippen LogP contribution in [0.15, 0.2) is 30.3 Å². The van der Waals surface area contributed by atoms with Gasteiger partial charge in [-0.25, -0.2) is 17.2 Å². The van der Waals surface area contributed by atoms with E-state index in [4.69, 9.17) is 0 Å². The number of nitrogens with zero attached hydrogens (tertiary/aromatic N) is 1. The van der Waals surface area contributed by atoms with Crippen LogP contribution >= 0.6 is 0 Å². The van der Waals surface area contributed by atoms with Crippen molar-refractivity contribution in [1.29, 1.82) is 0 Å². The number of sulfonamides is 1. The molecule has 0 bridgehead atoms. The molecule has 5 nitrogen and oxygen atoms in total. The molecule has 1 amide bonds. The molecule has 0 unspecified atom stereocenters. The summed E-state index contributed by atoms with van der Waals surface area (Å²) in [6, 6.07) is 6.47. The molecule has 0 radical (unpaired) electrons. The Labute approximate surface area is 158 Å². The maximum Gasteiger partial charge on any atom is 0.232 e. The van der Waals surface area contributed by atoms with Gasteiger partial charge in [-0.15, -0.1) is 0 Å². The Morgan fingerprint density at radius 3 is 2.19 bits per heavy atom. The average molecular weight is 396 g/mol. The lowest BCUT2D eigenvalue weighted by molar-refractivity contribution is -0.116. The van der Waals surface area contributed by atoms with E-state index in [0.29, 0.717) is 11.8 Å². The first kappa shape index (κ1) is 20.8. The highest BCUT2D eigenvalue weighted by atomic mass is 32.2. The smallest absolute Gasteiger partial charge is 0.232 e. The SMILES string of the molecule is Cc1cc(C)c(NC(=O)CCN(c2ccc(F)cc2F)S(C)(=O)=O)c(C)c1. The number of rotatable bonds is 6. The number of carbonyl (C=O) groups excluding carboxylic acids is 1. The van der Waals surface area contributed by atoms with E-state index in [1.54, 1.807) is 0 Å². The van der Waals surface area contributed by atoms with Gasteiger partial charge in [0.2, 0.25) is 15.9 Å². The molecule has 0 saturated carbocycles. The maximum absolute atomic E-state index is 14.0. The van der Waals surface area contributed by atoms with Crippen LogP contribution in [0.2, 0.25) is 0 Å². The number of benzene rings is 2. The molecule has 1 N–H and O–H groups in total. The summed E-state index contributed by atoms with van der Waals surface area (Å²) in [5.41, 5.74) is 3.23. The zero-order chi connectivity index (χ0) is 20.4. The van der Waals surface area contributed by atoms with Gasteiger partial charge < -0.3 is 5.32 Å².